The van der Waals surface area contributed by atoms with E-state index in [0.29, 0.717) is 17.3 Å². The zero-order valence-corrected chi connectivity index (χ0v) is 19.5. The molecule has 0 saturated carbocycles. The van der Waals surface area contributed by atoms with E-state index in [1.165, 1.54) is 5.56 Å². The lowest BCUT2D eigenvalue weighted by Crippen LogP contribution is -2.53. The SMILES string of the molecule is CC(C)c1cc(C(F)(F)F)nc(N2C[C@@H](O)[C@H](N3CCN(Cc4ccc(Cl)cc4)CC3)C2)n1. The van der Waals surface area contributed by atoms with Gasteiger partial charge in [0.05, 0.1) is 12.1 Å². The summed E-state index contributed by atoms with van der Waals surface area (Å²) in [7, 11) is 0. The molecule has 0 radical (unpaired) electrons. The Morgan fingerprint density at radius 2 is 1.73 bits per heavy atom. The highest BCUT2D eigenvalue weighted by molar-refractivity contribution is 6.30. The van der Waals surface area contributed by atoms with Gasteiger partial charge in [-0.15, -0.1) is 0 Å². The Hall–Kier alpha value is -1.94. The lowest BCUT2D eigenvalue weighted by molar-refractivity contribution is -0.141. The number of halogens is 4. The maximum absolute atomic E-state index is 13.4. The van der Waals surface area contributed by atoms with Gasteiger partial charge in [-0.1, -0.05) is 37.6 Å². The molecule has 3 heterocycles. The van der Waals surface area contributed by atoms with Crippen molar-refractivity contribution >= 4 is 17.5 Å². The number of aromatic nitrogens is 2. The molecule has 0 aliphatic carbocycles. The zero-order valence-electron chi connectivity index (χ0n) is 18.8. The number of aliphatic hydroxyl groups excluding tert-OH is 1. The molecule has 2 aliphatic heterocycles. The molecule has 10 heteroatoms. The molecule has 0 spiro atoms. The summed E-state index contributed by atoms with van der Waals surface area (Å²) in [5.41, 5.74) is 0.605. The van der Waals surface area contributed by atoms with E-state index in [1.54, 1.807) is 18.7 Å². The summed E-state index contributed by atoms with van der Waals surface area (Å²) in [4.78, 5) is 14.4. The quantitative estimate of drug-likeness (QED) is 0.701. The van der Waals surface area contributed by atoms with E-state index in [9.17, 15) is 18.3 Å². The fraction of sp³-hybridized carbons (Fsp3) is 0.565. The highest BCUT2D eigenvalue weighted by Gasteiger charge is 2.39. The molecule has 2 fully saturated rings. The number of piperazine rings is 1. The largest absolute Gasteiger partial charge is 0.433 e. The molecule has 6 nitrogen and oxygen atoms in total. The molecule has 33 heavy (non-hydrogen) atoms. The van der Waals surface area contributed by atoms with Crippen LogP contribution in [0, 0.1) is 0 Å². The van der Waals surface area contributed by atoms with Gasteiger partial charge in [0.2, 0.25) is 5.95 Å². The van der Waals surface area contributed by atoms with Gasteiger partial charge in [-0.3, -0.25) is 9.80 Å². The van der Waals surface area contributed by atoms with Gasteiger partial charge >= 0.3 is 6.18 Å². The number of alkyl halides is 3. The minimum Gasteiger partial charge on any atom is -0.390 e. The standard InChI is InChI=1S/C23H29ClF3N5O/c1-15(2)18-11-21(23(25,26)27)29-22(28-18)32-13-19(20(33)14-32)31-9-7-30(8-10-31)12-16-3-5-17(24)6-4-16/h3-6,11,15,19-20,33H,7-10,12-14H2,1-2H3/t19-,20-/m1/s1. The molecule has 0 unspecified atom stereocenters. The maximum Gasteiger partial charge on any atom is 0.433 e. The second-order valence-corrected chi connectivity index (χ2v) is 9.55. The number of rotatable bonds is 5. The van der Waals surface area contributed by atoms with Crippen LogP contribution in [0.2, 0.25) is 5.02 Å². The zero-order chi connectivity index (χ0) is 23.8. The summed E-state index contributed by atoms with van der Waals surface area (Å²) in [5.74, 6) is -0.124. The number of aliphatic hydroxyl groups is 1. The van der Waals surface area contributed by atoms with Crippen LogP contribution >= 0.6 is 11.6 Å². The second kappa shape index (κ2) is 9.74. The van der Waals surface area contributed by atoms with Crippen LogP contribution in [-0.4, -0.2) is 76.3 Å². The maximum atomic E-state index is 13.4. The lowest BCUT2D eigenvalue weighted by atomic mass is 10.1. The first-order valence-electron chi connectivity index (χ1n) is 11.2. The number of β-amino-alcohol motifs (C(OH)–C–C–N with tert-alkyl or cyclic N) is 1. The molecule has 0 amide bonds. The molecule has 2 atom stereocenters. The summed E-state index contributed by atoms with van der Waals surface area (Å²) in [6.07, 6.45) is -5.21. The van der Waals surface area contributed by atoms with Crippen molar-refractivity contribution in [3.05, 3.63) is 52.3 Å². The number of hydrogen-bond donors (Lipinski definition) is 1. The van der Waals surface area contributed by atoms with Crippen LogP contribution in [-0.2, 0) is 12.7 Å². The van der Waals surface area contributed by atoms with Gasteiger partial charge in [0.15, 0.2) is 0 Å². The normalized spacial score (nSPS) is 23.0. The third-order valence-electron chi connectivity index (χ3n) is 6.35. The van der Waals surface area contributed by atoms with Crippen molar-refractivity contribution in [2.45, 2.75) is 44.6 Å². The van der Waals surface area contributed by atoms with Crippen molar-refractivity contribution in [2.24, 2.45) is 0 Å². The third-order valence-corrected chi connectivity index (χ3v) is 6.61. The highest BCUT2D eigenvalue weighted by atomic mass is 35.5. The predicted molar refractivity (Wildman–Crippen MR) is 121 cm³/mol. The lowest BCUT2D eigenvalue weighted by Gasteiger charge is -2.38. The molecule has 180 valence electrons. The van der Waals surface area contributed by atoms with E-state index >= 15 is 0 Å². The van der Waals surface area contributed by atoms with Crippen LogP contribution in [0.4, 0.5) is 19.1 Å². The van der Waals surface area contributed by atoms with Crippen molar-refractivity contribution in [2.75, 3.05) is 44.2 Å². The number of hydrogen-bond acceptors (Lipinski definition) is 6. The van der Waals surface area contributed by atoms with Crippen molar-refractivity contribution < 1.29 is 18.3 Å². The summed E-state index contributed by atoms with van der Waals surface area (Å²) in [6.45, 7) is 8.32. The van der Waals surface area contributed by atoms with Gasteiger partial charge in [-0.2, -0.15) is 13.2 Å². The van der Waals surface area contributed by atoms with Gasteiger partial charge in [0.25, 0.3) is 0 Å². The number of nitrogens with zero attached hydrogens (tertiary/aromatic N) is 5. The van der Waals surface area contributed by atoms with Crippen molar-refractivity contribution in [1.29, 1.82) is 0 Å². The predicted octanol–water partition coefficient (Wildman–Crippen LogP) is 3.64. The van der Waals surface area contributed by atoms with E-state index in [1.807, 2.05) is 24.3 Å². The minimum atomic E-state index is -4.54. The van der Waals surface area contributed by atoms with Crippen molar-refractivity contribution in [3.8, 4) is 0 Å². The van der Waals surface area contributed by atoms with E-state index < -0.39 is 18.0 Å². The second-order valence-electron chi connectivity index (χ2n) is 9.11. The summed E-state index contributed by atoms with van der Waals surface area (Å²) >= 11 is 5.96. The van der Waals surface area contributed by atoms with Crippen LogP contribution in [0.15, 0.2) is 30.3 Å². The van der Waals surface area contributed by atoms with Gasteiger partial charge in [0, 0.05) is 56.5 Å². The Balaban J connectivity index is 1.40. The Labute approximate surface area is 197 Å². The number of anilines is 1. The average molecular weight is 484 g/mol. The van der Waals surface area contributed by atoms with Gasteiger partial charge in [-0.05, 0) is 29.7 Å². The van der Waals surface area contributed by atoms with E-state index in [4.69, 9.17) is 11.6 Å². The fourth-order valence-electron chi connectivity index (χ4n) is 4.43. The highest BCUT2D eigenvalue weighted by Crippen LogP contribution is 2.32. The number of benzene rings is 1. The summed E-state index contributed by atoms with van der Waals surface area (Å²) < 4.78 is 40.1. The average Bonchev–Trinajstić information content (AvgIpc) is 3.16. The van der Waals surface area contributed by atoms with E-state index in [-0.39, 0.29) is 24.5 Å². The Morgan fingerprint density at radius 1 is 1.06 bits per heavy atom. The minimum absolute atomic E-state index is 0.0384. The molecule has 1 aromatic carbocycles. The van der Waals surface area contributed by atoms with Crippen molar-refractivity contribution in [3.63, 3.8) is 0 Å². The molecule has 1 N–H and O–H groups in total. The molecule has 0 bridgehead atoms. The molecular formula is C23H29ClF3N5O. The molecular weight excluding hydrogens is 455 g/mol. The first-order chi connectivity index (χ1) is 15.6. The Bertz CT molecular complexity index is 948. The summed E-state index contributed by atoms with van der Waals surface area (Å²) in [6, 6.07) is 8.66. The Kier molecular flexibility index (Phi) is 7.14. The van der Waals surface area contributed by atoms with Crippen molar-refractivity contribution in [1.82, 2.24) is 19.8 Å². The van der Waals surface area contributed by atoms with Crippen LogP contribution in [0.1, 0.15) is 36.7 Å². The topological polar surface area (TPSA) is 55.7 Å². The third kappa shape index (κ3) is 5.77. The summed E-state index contributed by atoms with van der Waals surface area (Å²) in [5, 5.41) is 11.4. The first kappa shape index (κ1) is 24.2. The van der Waals surface area contributed by atoms with Crippen LogP contribution < -0.4 is 4.90 Å². The molecule has 1 aromatic heterocycles. The van der Waals surface area contributed by atoms with E-state index in [0.717, 1.165) is 38.8 Å². The molecule has 2 aromatic rings. The fourth-order valence-corrected chi connectivity index (χ4v) is 4.55. The Morgan fingerprint density at radius 3 is 2.33 bits per heavy atom. The van der Waals surface area contributed by atoms with Crippen LogP contribution in [0.3, 0.4) is 0 Å². The van der Waals surface area contributed by atoms with Crippen LogP contribution in [0.5, 0.6) is 0 Å². The molecule has 2 saturated heterocycles. The monoisotopic (exact) mass is 483 g/mol. The molecule has 4 rings (SSSR count). The van der Waals surface area contributed by atoms with Gasteiger partial charge in [0.1, 0.15) is 5.69 Å². The van der Waals surface area contributed by atoms with Gasteiger partial charge < -0.3 is 10.0 Å². The van der Waals surface area contributed by atoms with Crippen LogP contribution in [0.25, 0.3) is 0 Å². The first-order valence-corrected chi connectivity index (χ1v) is 11.6. The van der Waals surface area contributed by atoms with E-state index in [2.05, 4.69) is 19.8 Å². The van der Waals surface area contributed by atoms with Gasteiger partial charge in [-0.25, -0.2) is 9.97 Å². The smallest absolute Gasteiger partial charge is 0.390 e. The molecule has 2 aliphatic rings.